The van der Waals surface area contributed by atoms with Crippen molar-refractivity contribution in [3.63, 3.8) is 0 Å². The Morgan fingerprint density at radius 1 is 1.04 bits per heavy atom. The summed E-state index contributed by atoms with van der Waals surface area (Å²) in [5.41, 5.74) is 1.59. The monoisotopic (exact) mass is 446 g/mol. The molecular weight excluding hydrogens is 424 g/mol. The Morgan fingerprint density at radius 2 is 1.74 bits per heavy atom. The van der Waals surface area contributed by atoms with Crippen molar-refractivity contribution in [1.82, 2.24) is 0 Å². The number of benzene rings is 2. The largest absolute Gasteiger partial charge is 0.299 e. The van der Waals surface area contributed by atoms with Crippen LogP contribution in [0.25, 0.3) is 0 Å². The third-order valence-electron chi connectivity index (χ3n) is 5.47. The molecule has 2 aromatic carbocycles. The molecule has 2 nitrogen and oxygen atoms in total. The molecule has 2 atom stereocenters. The summed E-state index contributed by atoms with van der Waals surface area (Å²) in [6.45, 7) is 0. The quantitative estimate of drug-likeness (QED) is 0.462. The van der Waals surface area contributed by atoms with Crippen molar-refractivity contribution in [2.24, 2.45) is 5.92 Å². The van der Waals surface area contributed by atoms with Crippen LogP contribution in [0.4, 0.5) is 0 Å². The van der Waals surface area contributed by atoms with Crippen LogP contribution in [0.3, 0.4) is 0 Å². The average Bonchev–Trinajstić information content (AvgIpc) is 2.65. The molecular formula is C23H24BrClO2. The molecule has 1 saturated carbocycles. The maximum absolute atomic E-state index is 13.0. The van der Waals surface area contributed by atoms with E-state index in [0.717, 1.165) is 42.1 Å². The van der Waals surface area contributed by atoms with Crippen molar-refractivity contribution >= 4 is 39.1 Å². The van der Waals surface area contributed by atoms with E-state index < -0.39 is 0 Å². The minimum atomic E-state index is -0.104. The first-order valence-corrected chi connectivity index (χ1v) is 10.8. The highest BCUT2D eigenvalue weighted by atomic mass is 79.9. The molecule has 0 bridgehead atoms. The normalized spacial score (nSPS) is 19.2. The SMILES string of the molecule is O=C(CC(c1ccc(Br)cc1)C1CCCCCCC1=O)c1ccccc1Cl. The fourth-order valence-electron chi connectivity index (χ4n) is 3.99. The second kappa shape index (κ2) is 9.66. The summed E-state index contributed by atoms with van der Waals surface area (Å²) < 4.78 is 0.992. The summed E-state index contributed by atoms with van der Waals surface area (Å²) in [5, 5.41) is 0.473. The van der Waals surface area contributed by atoms with Crippen molar-refractivity contribution in [1.29, 1.82) is 0 Å². The van der Waals surface area contributed by atoms with E-state index in [9.17, 15) is 9.59 Å². The van der Waals surface area contributed by atoms with Crippen molar-refractivity contribution in [2.75, 3.05) is 0 Å². The van der Waals surface area contributed by atoms with E-state index in [4.69, 9.17) is 11.6 Å². The molecule has 27 heavy (non-hydrogen) atoms. The molecule has 0 radical (unpaired) electrons. The summed E-state index contributed by atoms with van der Waals surface area (Å²) in [5.74, 6) is 0.100. The minimum Gasteiger partial charge on any atom is -0.299 e. The second-order valence-corrected chi connectivity index (χ2v) is 8.61. The number of rotatable bonds is 5. The first-order chi connectivity index (χ1) is 13.1. The van der Waals surface area contributed by atoms with Crippen molar-refractivity contribution in [3.05, 3.63) is 69.2 Å². The van der Waals surface area contributed by atoms with Crippen molar-refractivity contribution < 1.29 is 9.59 Å². The second-order valence-electron chi connectivity index (χ2n) is 7.29. The molecule has 0 amide bonds. The Bertz CT molecular complexity index is 800. The highest BCUT2D eigenvalue weighted by molar-refractivity contribution is 9.10. The van der Waals surface area contributed by atoms with Crippen LogP contribution in [0.5, 0.6) is 0 Å². The lowest BCUT2D eigenvalue weighted by atomic mass is 9.75. The van der Waals surface area contributed by atoms with E-state index in [2.05, 4.69) is 15.9 Å². The number of hydrogen-bond donors (Lipinski definition) is 0. The van der Waals surface area contributed by atoms with Crippen LogP contribution >= 0.6 is 27.5 Å². The summed E-state index contributed by atoms with van der Waals surface area (Å²) >= 11 is 9.71. The molecule has 142 valence electrons. The number of carbonyl (C=O) groups excluding carboxylic acids is 2. The molecule has 1 fully saturated rings. The van der Waals surface area contributed by atoms with Gasteiger partial charge in [0, 0.05) is 34.7 Å². The van der Waals surface area contributed by atoms with E-state index in [0.29, 0.717) is 29.2 Å². The van der Waals surface area contributed by atoms with Gasteiger partial charge in [-0.2, -0.15) is 0 Å². The summed E-state index contributed by atoms with van der Waals surface area (Å²) in [7, 11) is 0. The lowest BCUT2D eigenvalue weighted by molar-refractivity contribution is -0.124. The van der Waals surface area contributed by atoms with Crippen LogP contribution in [0.1, 0.15) is 66.8 Å². The molecule has 0 aliphatic heterocycles. The van der Waals surface area contributed by atoms with Gasteiger partial charge < -0.3 is 0 Å². The van der Waals surface area contributed by atoms with Gasteiger partial charge in [-0.25, -0.2) is 0 Å². The van der Waals surface area contributed by atoms with Crippen LogP contribution in [0, 0.1) is 5.92 Å². The Labute approximate surface area is 174 Å². The Morgan fingerprint density at radius 3 is 2.48 bits per heavy atom. The third-order valence-corrected chi connectivity index (χ3v) is 6.32. The van der Waals surface area contributed by atoms with E-state index in [1.807, 2.05) is 36.4 Å². The fraction of sp³-hybridized carbons (Fsp3) is 0.391. The van der Waals surface area contributed by atoms with Gasteiger partial charge in [0.05, 0.1) is 5.02 Å². The molecule has 0 N–H and O–H groups in total. The number of ketones is 2. The van der Waals surface area contributed by atoms with Crippen LogP contribution in [0.2, 0.25) is 5.02 Å². The van der Waals surface area contributed by atoms with E-state index >= 15 is 0 Å². The summed E-state index contributed by atoms with van der Waals surface area (Å²) in [6.07, 6.45) is 6.08. The summed E-state index contributed by atoms with van der Waals surface area (Å²) in [6, 6.07) is 15.2. The topological polar surface area (TPSA) is 34.1 Å². The predicted octanol–water partition coefficient (Wildman–Crippen LogP) is 7.00. The molecule has 3 rings (SSSR count). The van der Waals surface area contributed by atoms with E-state index in [-0.39, 0.29) is 17.6 Å². The van der Waals surface area contributed by atoms with Crippen LogP contribution in [-0.4, -0.2) is 11.6 Å². The van der Waals surface area contributed by atoms with E-state index in [1.165, 1.54) is 0 Å². The molecule has 0 aromatic heterocycles. The fourth-order valence-corrected chi connectivity index (χ4v) is 4.49. The van der Waals surface area contributed by atoms with Gasteiger partial charge >= 0.3 is 0 Å². The van der Waals surface area contributed by atoms with Crippen LogP contribution in [0.15, 0.2) is 53.0 Å². The Hall–Kier alpha value is -1.45. The van der Waals surface area contributed by atoms with Crippen molar-refractivity contribution in [2.45, 2.75) is 50.9 Å². The predicted molar refractivity (Wildman–Crippen MR) is 113 cm³/mol. The molecule has 0 saturated heterocycles. The minimum absolute atomic E-state index is 0.00313. The molecule has 0 heterocycles. The van der Waals surface area contributed by atoms with E-state index in [1.54, 1.807) is 12.1 Å². The molecule has 2 aromatic rings. The van der Waals surface area contributed by atoms with Crippen LogP contribution in [-0.2, 0) is 4.79 Å². The first kappa shape index (κ1) is 20.3. The molecule has 1 aliphatic rings. The number of Topliss-reactive ketones (excluding diaryl/α,β-unsaturated/α-hetero) is 2. The summed E-state index contributed by atoms with van der Waals surface area (Å²) in [4.78, 5) is 25.9. The number of carbonyl (C=O) groups is 2. The van der Waals surface area contributed by atoms with Gasteiger partial charge in [0.25, 0.3) is 0 Å². The third kappa shape index (κ3) is 5.30. The first-order valence-electron chi connectivity index (χ1n) is 9.62. The Balaban J connectivity index is 1.91. The molecule has 0 spiro atoms. The van der Waals surface area contributed by atoms with Gasteiger partial charge in [0.15, 0.2) is 5.78 Å². The zero-order valence-corrected chi connectivity index (χ0v) is 17.6. The lowest BCUT2D eigenvalue weighted by Crippen LogP contribution is -2.26. The lowest BCUT2D eigenvalue weighted by Gasteiger charge is -2.28. The van der Waals surface area contributed by atoms with Gasteiger partial charge in [-0.05, 0) is 42.7 Å². The highest BCUT2D eigenvalue weighted by Crippen LogP contribution is 2.37. The van der Waals surface area contributed by atoms with Gasteiger partial charge in [0.1, 0.15) is 5.78 Å². The van der Waals surface area contributed by atoms with Gasteiger partial charge in [0.2, 0.25) is 0 Å². The Kier molecular flexibility index (Phi) is 7.26. The zero-order valence-electron chi connectivity index (χ0n) is 15.3. The van der Waals surface area contributed by atoms with Gasteiger partial charge in [-0.15, -0.1) is 0 Å². The van der Waals surface area contributed by atoms with Gasteiger partial charge in [-0.1, -0.05) is 71.1 Å². The molecule has 1 aliphatic carbocycles. The molecule has 2 unspecified atom stereocenters. The number of halogens is 2. The maximum Gasteiger partial charge on any atom is 0.165 e. The molecule has 4 heteroatoms. The smallest absolute Gasteiger partial charge is 0.165 e. The maximum atomic E-state index is 13.0. The van der Waals surface area contributed by atoms with Crippen LogP contribution < -0.4 is 0 Å². The van der Waals surface area contributed by atoms with Gasteiger partial charge in [-0.3, -0.25) is 9.59 Å². The highest BCUT2D eigenvalue weighted by Gasteiger charge is 2.31. The standard InChI is InChI=1S/C23H24BrClO2/c24-17-13-11-16(12-14-17)20(18-7-3-1-2-4-10-22(18)26)15-23(27)19-8-5-6-9-21(19)25/h5-6,8-9,11-14,18,20H,1-4,7,10,15H2. The van der Waals surface area contributed by atoms with Crippen molar-refractivity contribution in [3.8, 4) is 0 Å². The zero-order chi connectivity index (χ0) is 19.2. The number of hydrogen-bond acceptors (Lipinski definition) is 2. The average molecular weight is 448 g/mol.